The second-order valence-corrected chi connectivity index (χ2v) is 14.0. The minimum atomic E-state index is -4.03. The summed E-state index contributed by atoms with van der Waals surface area (Å²) in [5.41, 5.74) is -0.540. The van der Waals surface area contributed by atoms with Crippen molar-refractivity contribution in [2.45, 2.75) is 118 Å². The second-order valence-electron chi connectivity index (χ2n) is 12.4. The van der Waals surface area contributed by atoms with Crippen LogP contribution in [0.1, 0.15) is 118 Å². The number of rotatable bonds is 21. The highest BCUT2D eigenvalue weighted by atomic mass is 32.2. The van der Waals surface area contributed by atoms with E-state index >= 15 is 0 Å². The Balaban J connectivity index is 0. The molecule has 228 valence electrons. The van der Waals surface area contributed by atoms with Gasteiger partial charge in [-0.3, -0.25) is 4.55 Å². The largest absolute Gasteiger partial charge is 0.477 e. The molecular weight excluding hydrogens is 506 g/mol. The summed E-state index contributed by atoms with van der Waals surface area (Å²) in [6.45, 7) is 8.77. The topological polar surface area (TPSA) is 135 Å². The van der Waals surface area contributed by atoms with E-state index in [1.165, 1.54) is 64.2 Å². The lowest BCUT2D eigenvalue weighted by Crippen LogP contribution is -2.63. The molecule has 9 nitrogen and oxygen atoms in total. The minimum absolute atomic E-state index is 0.0524. The highest BCUT2D eigenvalue weighted by Gasteiger charge is 2.42. The van der Waals surface area contributed by atoms with Gasteiger partial charge in [-0.15, -0.1) is 0 Å². The number of aliphatic carboxylic acids is 1. The molecule has 0 saturated heterocycles. The SMILES string of the molecule is CCCCCCCCCCCCCCC(C)(C)C(=O)[N+](N)(CC)CCCS(=O)(=O)O.C[N+](C)(C)CC(=O)O. The normalized spacial score (nSPS) is 13.9. The van der Waals surface area contributed by atoms with Crippen molar-refractivity contribution < 1.29 is 36.7 Å². The first-order chi connectivity index (χ1) is 17.4. The molecule has 1 atom stereocenters. The third-order valence-electron chi connectivity index (χ3n) is 6.77. The van der Waals surface area contributed by atoms with E-state index in [-0.39, 0.29) is 35.8 Å². The van der Waals surface area contributed by atoms with Crippen molar-refractivity contribution in [3.8, 4) is 0 Å². The summed E-state index contributed by atoms with van der Waals surface area (Å²) in [4.78, 5) is 23.0. The number of amides is 1. The highest BCUT2D eigenvalue weighted by Crippen LogP contribution is 2.29. The van der Waals surface area contributed by atoms with E-state index < -0.39 is 21.5 Å². The zero-order valence-corrected chi connectivity index (χ0v) is 26.5. The van der Waals surface area contributed by atoms with Crippen molar-refractivity contribution in [1.82, 2.24) is 0 Å². The van der Waals surface area contributed by atoms with Crippen LogP contribution in [0.4, 0.5) is 0 Å². The molecule has 1 amide bonds. The predicted molar refractivity (Wildman–Crippen MR) is 156 cm³/mol. The monoisotopic (exact) mass is 567 g/mol. The average molecular weight is 568 g/mol. The van der Waals surface area contributed by atoms with Crippen LogP contribution in [0.5, 0.6) is 0 Å². The van der Waals surface area contributed by atoms with Gasteiger partial charge in [-0.05, 0) is 27.2 Å². The number of nitrogens with two attached hydrogens (primary N) is 1. The summed E-state index contributed by atoms with van der Waals surface area (Å²) < 4.78 is 31.0. The van der Waals surface area contributed by atoms with Crippen molar-refractivity contribution in [2.24, 2.45) is 11.3 Å². The highest BCUT2D eigenvalue weighted by molar-refractivity contribution is 7.85. The van der Waals surface area contributed by atoms with Gasteiger partial charge in [-0.1, -0.05) is 84.0 Å². The van der Waals surface area contributed by atoms with Crippen LogP contribution in [0.15, 0.2) is 0 Å². The van der Waals surface area contributed by atoms with Crippen LogP contribution in [0, 0.1) is 5.41 Å². The second kappa shape index (κ2) is 19.9. The molecule has 0 saturated carbocycles. The van der Waals surface area contributed by atoms with Gasteiger partial charge in [-0.25, -0.2) is 9.59 Å². The lowest BCUT2D eigenvalue weighted by Gasteiger charge is -2.35. The fourth-order valence-electron chi connectivity index (χ4n) is 4.46. The fraction of sp³-hybridized carbons (Fsp3) is 0.929. The van der Waals surface area contributed by atoms with Crippen LogP contribution in [-0.4, -0.2) is 85.6 Å². The van der Waals surface area contributed by atoms with Gasteiger partial charge in [0.1, 0.15) is 13.1 Å². The standard InChI is InChI=1S/C23H48N2O4S.C5H11NO2/c1-5-7-8-9-10-11-12-13-14-15-16-17-19-23(3,4)22(26)25(24,6-2)20-18-21-30(27,28)29;1-6(2,3)4-5(7)8/h5-21,24H2,1-4H3;4H2,1-3H3/p+2. The maximum Gasteiger partial charge on any atom is 0.359 e. The Hall–Kier alpha value is -1.07. The molecule has 0 aromatic heterocycles. The lowest BCUT2D eigenvalue weighted by atomic mass is 9.84. The van der Waals surface area contributed by atoms with Gasteiger partial charge in [0.15, 0.2) is 6.54 Å². The number of hydrogen-bond donors (Lipinski definition) is 3. The van der Waals surface area contributed by atoms with Crippen LogP contribution >= 0.6 is 0 Å². The number of unbranched alkanes of at least 4 members (excludes halogenated alkanes) is 11. The molecule has 38 heavy (non-hydrogen) atoms. The Morgan fingerprint density at radius 2 is 1.21 bits per heavy atom. The molecule has 0 radical (unpaired) electrons. The predicted octanol–water partition coefficient (Wildman–Crippen LogP) is 5.40. The number of hydrogen-bond acceptors (Lipinski definition) is 5. The zero-order chi connectivity index (χ0) is 29.9. The van der Waals surface area contributed by atoms with Crippen molar-refractivity contribution in [3.05, 3.63) is 0 Å². The number of carbonyl (C=O) groups excluding carboxylic acids is 1. The summed E-state index contributed by atoms with van der Waals surface area (Å²) in [7, 11) is 1.50. The number of carboxylic acid groups (broad SMARTS) is 1. The summed E-state index contributed by atoms with van der Waals surface area (Å²) in [5.74, 6) is 5.14. The summed E-state index contributed by atoms with van der Waals surface area (Å²) in [6, 6.07) is 0. The number of quaternary nitrogens is 2. The average Bonchev–Trinajstić information content (AvgIpc) is 2.77. The molecule has 0 spiro atoms. The fourth-order valence-corrected chi connectivity index (χ4v) is 4.95. The Kier molecular flexibility index (Phi) is 20.5. The maximum atomic E-state index is 13.0. The molecule has 0 heterocycles. The van der Waals surface area contributed by atoms with Gasteiger partial charge < -0.3 is 9.59 Å². The Morgan fingerprint density at radius 1 is 0.789 bits per heavy atom. The molecule has 0 fully saturated rings. The van der Waals surface area contributed by atoms with E-state index in [0.717, 1.165) is 19.3 Å². The quantitative estimate of drug-likeness (QED) is 0.0422. The first-order valence-corrected chi connectivity index (χ1v) is 16.2. The molecule has 0 aliphatic rings. The summed E-state index contributed by atoms with van der Waals surface area (Å²) in [6.07, 6.45) is 16.4. The number of likely N-dealkylation sites (N-methyl/N-ethyl adjacent to an activating group) is 1. The van der Waals surface area contributed by atoms with Crippen molar-refractivity contribution in [2.75, 3.05) is 46.5 Å². The minimum Gasteiger partial charge on any atom is -0.477 e. The third kappa shape index (κ3) is 22.9. The molecular formula is C28H61N3O6S+2. The molecule has 4 N–H and O–H groups in total. The van der Waals surface area contributed by atoms with Crippen LogP contribution in [0.2, 0.25) is 0 Å². The Morgan fingerprint density at radius 3 is 1.53 bits per heavy atom. The molecule has 0 aromatic carbocycles. The van der Waals surface area contributed by atoms with Crippen LogP contribution in [-0.2, 0) is 19.7 Å². The zero-order valence-electron chi connectivity index (χ0n) is 25.6. The van der Waals surface area contributed by atoms with Crippen molar-refractivity contribution in [3.63, 3.8) is 0 Å². The first-order valence-electron chi connectivity index (χ1n) is 14.6. The maximum absolute atomic E-state index is 13.0. The van der Waals surface area contributed by atoms with E-state index in [4.69, 9.17) is 15.5 Å². The molecule has 0 aliphatic carbocycles. The van der Waals surface area contributed by atoms with Gasteiger partial charge in [0.2, 0.25) is 0 Å². The molecule has 1 unspecified atom stereocenters. The van der Waals surface area contributed by atoms with Gasteiger partial charge >= 0.3 is 11.9 Å². The van der Waals surface area contributed by atoms with E-state index in [9.17, 15) is 18.0 Å². The molecule has 0 rings (SSSR count). The smallest absolute Gasteiger partial charge is 0.359 e. The van der Waals surface area contributed by atoms with E-state index in [0.29, 0.717) is 11.0 Å². The van der Waals surface area contributed by atoms with Crippen LogP contribution in [0.25, 0.3) is 0 Å². The van der Waals surface area contributed by atoms with E-state index in [1.807, 2.05) is 41.9 Å². The van der Waals surface area contributed by atoms with Crippen LogP contribution in [0.3, 0.4) is 0 Å². The third-order valence-corrected chi connectivity index (χ3v) is 7.58. The van der Waals surface area contributed by atoms with Gasteiger partial charge in [0.25, 0.3) is 10.1 Å². The summed E-state index contributed by atoms with van der Waals surface area (Å²) >= 11 is 0. The number of nitrogens with zero attached hydrogens (tertiary/aromatic N) is 2. The number of carbonyl (C=O) groups is 2. The Labute approximate surface area is 234 Å². The van der Waals surface area contributed by atoms with Gasteiger partial charge in [0.05, 0.1) is 32.3 Å². The Bertz CT molecular complexity index is 750. The molecule has 0 aliphatic heterocycles. The van der Waals surface area contributed by atoms with E-state index in [1.54, 1.807) is 0 Å². The summed E-state index contributed by atoms with van der Waals surface area (Å²) in [5, 5.41) is 8.23. The molecule has 0 bridgehead atoms. The lowest BCUT2D eigenvalue weighted by molar-refractivity contribution is -0.867. The molecule has 0 aromatic rings. The van der Waals surface area contributed by atoms with Gasteiger partial charge in [-0.2, -0.15) is 18.9 Å². The van der Waals surface area contributed by atoms with Gasteiger partial charge in [0, 0.05) is 6.42 Å². The molecule has 10 heteroatoms. The van der Waals surface area contributed by atoms with Crippen LogP contribution < -0.4 is 5.84 Å². The first kappa shape index (κ1) is 39.1. The van der Waals surface area contributed by atoms with E-state index in [2.05, 4.69) is 6.92 Å². The van der Waals surface area contributed by atoms with Crippen molar-refractivity contribution >= 4 is 22.0 Å². The number of carboxylic acids is 1. The van der Waals surface area contributed by atoms with Crippen molar-refractivity contribution in [1.29, 1.82) is 0 Å².